The molecule has 2 heterocycles. The van der Waals surface area contributed by atoms with Gasteiger partial charge in [-0.1, -0.05) is 12.1 Å². The minimum atomic E-state index is -2.97. The first-order chi connectivity index (χ1) is 13.2. The van der Waals surface area contributed by atoms with Crippen LogP contribution in [0.2, 0.25) is 0 Å². The second-order valence-electron chi connectivity index (χ2n) is 7.44. The summed E-state index contributed by atoms with van der Waals surface area (Å²) in [6.07, 6.45) is 2.65. The third-order valence-electron chi connectivity index (χ3n) is 5.28. The number of thioether (sulfide) groups is 1. The quantitative estimate of drug-likeness (QED) is 0.717. The molecule has 0 spiro atoms. The average molecular weight is 422 g/mol. The summed E-state index contributed by atoms with van der Waals surface area (Å²) in [6, 6.07) is 7.62. The van der Waals surface area contributed by atoms with E-state index >= 15 is 0 Å². The number of amides is 1. The van der Waals surface area contributed by atoms with Gasteiger partial charge in [0.15, 0.2) is 9.84 Å². The molecule has 0 aliphatic carbocycles. The summed E-state index contributed by atoms with van der Waals surface area (Å²) in [5.41, 5.74) is 4.63. The van der Waals surface area contributed by atoms with Crippen LogP contribution < -0.4 is 0 Å². The number of nitrogens with zero attached hydrogens (tertiary/aromatic N) is 3. The number of carbonyl (C=O) groups is 1. The Morgan fingerprint density at radius 1 is 1.29 bits per heavy atom. The van der Waals surface area contributed by atoms with E-state index in [9.17, 15) is 13.2 Å². The highest BCUT2D eigenvalue weighted by Gasteiger charge is 2.31. The standard InChI is InChI=1S/C20H27N3O3S2/c1-14-19(15(2)23(21-14)18-9-10-28(25,26)13-18)11-22(3)20(24)17-7-5-16(6-8-17)12-27-4/h5-8,18H,9-13H2,1-4H3/t18-/m0/s1. The van der Waals surface area contributed by atoms with Crippen molar-refractivity contribution in [3.63, 3.8) is 0 Å². The van der Waals surface area contributed by atoms with Gasteiger partial charge in [-0.2, -0.15) is 16.9 Å². The van der Waals surface area contributed by atoms with E-state index in [1.165, 1.54) is 5.56 Å². The molecule has 1 atom stereocenters. The van der Waals surface area contributed by atoms with Crippen molar-refractivity contribution in [3.05, 3.63) is 52.3 Å². The van der Waals surface area contributed by atoms with Crippen LogP contribution in [0.5, 0.6) is 0 Å². The van der Waals surface area contributed by atoms with Gasteiger partial charge in [0.1, 0.15) is 0 Å². The Morgan fingerprint density at radius 3 is 2.54 bits per heavy atom. The average Bonchev–Trinajstić information content (AvgIpc) is 3.15. The number of sulfone groups is 1. The highest BCUT2D eigenvalue weighted by molar-refractivity contribution is 7.97. The summed E-state index contributed by atoms with van der Waals surface area (Å²) in [6.45, 7) is 4.32. The zero-order valence-electron chi connectivity index (χ0n) is 16.8. The summed E-state index contributed by atoms with van der Waals surface area (Å²) in [5, 5.41) is 4.59. The maximum atomic E-state index is 12.8. The number of aryl methyl sites for hydroxylation is 1. The molecule has 0 unspecified atom stereocenters. The maximum Gasteiger partial charge on any atom is 0.253 e. The van der Waals surface area contributed by atoms with Crippen molar-refractivity contribution in [3.8, 4) is 0 Å². The highest BCUT2D eigenvalue weighted by atomic mass is 32.2. The van der Waals surface area contributed by atoms with Gasteiger partial charge in [0.25, 0.3) is 5.91 Å². The van der Waals surface area contributed by atoms with Crippen LogP contribution in [-0.4, -0.2) is 53.8 Å². The van der Waals surface area contributed by atoms with E-state index in [0.29, 0.717) is 18.5 Å². The largest absolute Gasteiger partial charge is 0.337 e. The fraction of sp³-hybridized carbons (Fsp3) is 0.500. The molecule has 0 N–H and O–H groups in total. The van der Waals surface area contributed by atoms with Crippen molar-refractivity contribution in [1.82, 2.24) is 14.7 Å². The van der Waals surface area contributed by atoms with E-state index in [-0.39, 0.29) is 23.5 Å². The van der Waals surface area contributed by atoms with E-state index in [0.717, 1.165) is 22.7 Å². The lowest BCUT2D eigenvalue weighted by Gasteiger charge is -2.18. The van der Waals surface area contributed by atoms with Crippen molar-refractivity contribution in [2.75, 3.05) is 24.8 Å². The molecule has 1 aliphatic heterocycles. The molecule has 6 nitrogen and oxygen atoms in total. The second-order valence-corrected chi connectivity index (χ2v) is 10.5. The van der Waals surface area contributed by atoms with Crippen molar-refractivity contribution in [1.29, 1.82) is 0 Å². The minimum Gasteiger partial charge on any atom is -0.337 e. The first-order valence-corrected chi connectivity index (χ1v) is 12.5. The number of benzene rings is 1. The maximum absolute atomic E-state index is 12.8. The molecule has 0 saturated carbocycles. The monoisotopic (exact) mass is 421 g/mol. The molecule has 0 bridgehead atoms. The Labute approximate surface area is 171 Å². The molecular formula is C20H27N3O3S2. The van der Waals surface area contributed by atoms with Crippen LogP contribution in [-0.2, 0) is 22.1 Å². The molecule has 1 aromatic heterocycles. The topological polar surface area (TPSA) is 72.3 Å². The summed E-state index contributed by atoms with van der Waals surface area (Å²) in [7, 11) is -1.19. The van der Waals surface area contributed by atoms with Crippen LogP contribution in [0, 0.1) is 13.8 Å². The van der Waals surface area contributed by atoms with Crippen LogP contribution in [0.3, 0.4) is 0 Å². The SMILES string of the molecule is CSCc1ccc(C(=O)N(C)Cc2c(C)nn([C@H]3CCS(=O)(=O)C3)c2C)cc1. The van der Waals surface area contributed by atoms with Crippen LogP contribution in [0.25, 0.3) is 0 Å². The lowest BCUT2D eigenvalue weighted by molar-refractivity contribution is 0.0784. The molecule has 28 heavy (non-hydrogen) atoms. The van der Waals surface area contributed by atoms with E-state index < -0.39 is 9.84 Å². The normalized spacial score (nSPS) is 18.4. The molecule has 1 aliphatic rings. The molecular weight excluding hydrogens is 394 g/mol. The van der Waals surface area contributed by atoms with Crippen LogP contribution >= 0.6 is 11.8 Å². The third kappa shape index (κ3) is 4.43. The molecule has 152 valence electrons. The predicted molar refractivity (Wildman–Crippen MR) is 113 cm³/mol. The predicted octanol–water partition coefficient (Wildman–Crippen LogP) is 2.99. The van der Waals surface area contributed by atoms with Crippen LogP contribution in [0.4, 0.5) is 0 Å². The Hall–Kier alpha value is -1.80. The van der Waals surface area contributed by atoms with Crippen molar-refractivity contribution in [2.45, 2.75) is 38.6 Å². The number of hydrogen-bond donors (Lipinski definition) is 0. The van der Waals surface area contributed by atoms with Gasteiger partial charge in [0.2, 0.25) is 0 Å². The number of aromatic nitrogens is 2. The summed E-state index contributed by atoms with van der Waals surface area (Å²) >= 11 is 1.75. The summed E-state index contributed by atoms with van der Waals surface area (Å²) < 4.78 is 25.5. The highest BCUT2D eigenvalue weighted by Crippen LogP contribution is 2.27. The number of hydrogen-bond acceptors (Lipinski definition) is 5. The Balaban J connectivity index is 1.75. The molecule has 1 aromatic carbocycles. The number of rotatable bonds is 6. The molecule has 1 saturated heterocycles. The lowest BCUT2D eigenvalue weighted by Crippen LogP contribution is -2.26. The fourth-order valence-corrected chi connectivity index (χ4v) is 5.91. The van der Waals surface area contributed by atoms with Gasteiger partial charge in [0, 0.05) is 36.2 Å². The molecule has 1 fully saturated rings. The van der Waals surface area contributed by atoms with Crippen molar-refractivity contribution < 1.29 is 13.2 Å². The van der Waals surface area contributed by atoms with E-state index in [4.69, 9.17) is 0 Å². The van der Waals surface area contributed by atoms with Gasteiger partial charge in [-0.05, 0) is 44.2 Å². The van der Waals surface area contributed by atoms with Gasteiger partial charge in [-0.25, -0.2) is 8.42 Å². The fourth-order valence-electron chi connectivity index (χ4n) is 3.69. The Kier molecular flexibility index (Phi) is 6.19. The summed E-state index contributed by atoms with van der Waals surface area (Å²) in [5.74, 6) is 1.26. The number of carbonyl (C=O) groups excluding carboxylic acids is 1. The van der Waals surface area contributed by atoms with Gasteiger partial charge in [0.05, 0.1) is 23.2 Å². The third-order valence-corrected chi connectivity index (χ3v) is 7.66. The first-order valence-electron chi connectivity index (χ1n) is 9.30. The van der Waals surface area contributed by atoms with Gasteiger partial charge < -0.3 is 4.90 Å². The minimum absolute atomic E-state index is 0.0364. The molecule has 0 radical (unpaired) electrons. The molecule has 2 aromatic rings. The van der Waals surface area contributed by atoms with Gasteiger partial charge >= 0.3 is 0 Å². The lowest BCUT2D eigenvalue weighted by atomic mass is 10.1. The van der Waals surface area contributed by atoms with Crippen molar-refractivity contribution in [2.24, 2.45) is 0 Å². The second kappa shape index (κ2) is 8.29. The summed E-state index contributed by atoms with van der Waals surface area (Å²) in [4.78, 5) is 14.5. The Morgan fingerprint density at radius 2 is 1.96 bits per heavy atom. The van der Waals surface area contributed by atoms with Crippen LogP contribution in [0.15, 0.2) is 24.3 Å². The molecule has 8 heteroatoms. The first kappa shape index (κ1) is 20.9. The molecule has 3 rings (SSSR count). The smallest absolute Gasteiger partial charge is 0.253 e. The zero-order chi connectivity index (χ0) is 20.5. The van der Waals surface area contributed by atoms with Gasteiger partial charge in [-0.15, -0.1) is 0 Å². The zero-order valence-corrected chi connectivity index (χ0v) is 18.4. The van der Waals surface area contributed by atoms with Gasteiger partial charge in [-0.3, -0.25) is 9.48 Å². The molecule has 1 amide bonds. The Bertz CT molecular complexity index is 965. The van der Waals surface area contributed by atoms with E-state index in [1.54, 1.807) is 23.7 Å². The van der Waals surface area contributed by atoms with Crippen LogP contribution in [0.1, 0.15) is 45.3 Å². The van der Waals surface area contributed by atoms with E-state index in [2.05, 4.69) is 11.4 Å². The van der Waals surface area contributed by atoms with E-state index in [1.807, 2.05) is 42.8 Å². The van der Waals surface area contributed by atoms with Crippen molar-refractivity contribution >= 4 is 27.5 Å².